The average Bonchev–Trinajstić information content (AvgIpc) is 2.77. The predicted molar refractivity (Wildman–Crippen MR) is 122 cm³/mol. The van der Waals surface area contributed by atoms with Gasteiger partial charge in [-0.05, 0) is 48.6 Å². The Morgan fingerprint density at radius 1 is 1.16 bits per heavy atom. The molecule has 1 fully saturated rings. The predicted octanol–water partition coefficient (Wildman–Crippen LogP) is 4.37. The van der Waals surface area contributed by atoms with Crippen LogP contribution in [0.4, 0.5) is 4.39 Å². The van der Waals surface area contributed by atoms with Gasteiger partial charge in [0.25, 0.3) is 5.56 Å². The van der Waals surface area contributed by atoms with E-state index in [0.29, 0.717) is 22.0 Å². The topological polar surface area (TPSA) is 64.0 Å². The summed E-state index contributed by atoms with van der Waals surface area (Å²) in [5, 5.41) is 4.16. The number of rotatable bonds is 6. The molecule has 1 saturated carbocycles. The summed E-state index contributed by atoms with van der Waals surface area (Å²) in [6.45, 7) is 2.45. The SMILES string of the molecule is CC1CCCCC1NC(=O)CSc1nc2ccccc2c(=O)n1Cc1ccc(F)cc1. The first-order valence-corrected chi connectivity index (χ1v) is 11.7. The highest BCUT2D eigenvalue weighted by Crippen LogP contribution is 2.24. The lowest BCUT2D eigenvalue weighted by atomic mass is 9.86. The Morgan fingerprint density at radius 3 is 2.68 bits per heavy atom. The lowest BCUT2D eigenvalue weighted by molar-refractivity contribution is -0.119. The number of aromatic nitrogens is 2. The van der Waals surface area contributed by atoms with Crippen molar-refractivity contribution in [3.63, 3.8) is 0 Å². The van der Waals surface area contributed by atoms with Crippen molar-refractivity contribution in [1.29, 1.82) is 0 Å². The number of thioether (sulfide) groups is 1. The summed E-state index contributed by atoms with van der Waals surface area (Å²) in [7, 11) is 0. The van der Waals surface area contributed by atoms with Crippen molar-refractivity contribution in [3.8, 4) is 0 Å². The number of amides is 1. The van der Waals surface area contributed by atoms with Gasteiger partial charge < -0.3 is 5.32 Å². The van der Waals surface area contributed by atoms with E-state index in [1.165, 1.54) is 30.3 Å². The summed E-state index contributed by atoms with van der Waals surface area (Å²) in [6, 6.07) is 13.5. The van der Waals surface area contributed by atoms with Crippen molar-refractivity contribution in [2.24, 2.45) is 5.92 Å². The second-order valence-corrected chi connectivity index (χ2v) is 9.10. The molecule has 0 saturated heterocycles. The summed E-state index contributed by atoms with van der Waals surface area (Å²) < 4.78 is 14.9. The van der Waals surface area contributed by atoms with Gasteiger partial charge in [-0.15, -0.1) is 0 Å². The molecular formula is C24H26FN3O2S. The van der Waals surface area contributed by atoms with E-state index >= 15 is 0 Å². The molecule has 1 aliphatic carbocycles. The van der Waals surface area contributed by atoms with Crippen molar-refractivity contribution in [2.75, 3.05) is 5.75 Å². The van der Waals surface area contributed by atoms with Crippen LogP contribution in [0, 0.1) is 11.7 Å². The van der Waals surface area contributed by atoms with E-state index in [-0.39, 0.29) is 35.6 Å². The molecule has 1 aliphatic rings. The Bertz CT molecular complexity index is 1130. The summed E-state index contributed by atoms with van der Waals surface area (Å²) >= 11 is 1.26. The Kier molecular flexibility index (Phi) is 6.70. The van der Waals surface area contributed by atoms with Crippen LogP contribution in [0.2, 0.25) is 0 Å². The number of nitrogens with zero attached hydrogens (tertiary/aromatic N) is 2. The maximum atomic E-state index is 13.3. The molecule has 4 rings (SSSR count). The summed E-state index contributed by atoms with van der Waals surface area (Å²) in [5.41, 5.74) is 1.23. The molecule has 162 valence electrons. The van der Waals surface area contributed by atoms with Gasteiger partial charge in [-0.3, -0.25) is 14.2 Å². The van der Waals surface area contributed by atoms with Gasteiger partial charge in [-0.1, -0.05) is 55.8 Å². The largest absolute Gasteiger partial charge is 0.352 e. The number of hydrogen-bond donors (Lipinski definition) is 1. The molecule has 0 radical (unpaired) electrons. The number of halogens is 1. The molecule has 1 amide bonds. The number of benzene rings is 2. The monoisotopic (exact) mass is 439 g/mol. The van der Waals surface area contributed by atoms with E-state index in [9.17, 15) is 14.0 Å². The summed E-state index contributed by atoms with van der Waals surface area (Å²) in [5.74, 6) is 0.311. The highest BCUT2D eigenvalue weighted by molar-refractivity contribution is 7.99. The normalized spacial score (nSPS) is 18.8. The number of carbonyl (C=O) groups is 1. The van der Waals surface area contributed by atoms with Gasteiger partial charge in [-0.25, -0.2) is 9.37 Å². The van der Waals surface area contributed by atoms with E-state index in [1.807, 2.05) is 6.07 Å². The Hall–Kier alpha value is -2.67. The van der Waals surface area contributed by atoms with Crippen LogP contribution in [0.3, 0.4) is 0 Å². The van der Waals surface area contributed by atoms with Crippen LogP contribution in [0.5, 0.6) is 0 Å². The van der Waals surface area contributed by atoms with Crippen LogP contribution in [-0.4, -0.2) is 27.3 Å². The number of carbonyl (C=O) groups excluding carboxylic acids is 1. The van der Waals surface area contributed by atoms with Crippen molar-refractivity contribution in [2.45, 2.75) is 50.4 Å². The van der Waals surface area contributed by atoms with Crippen molar-refractivity contribution < 1.29 is 9.18 Å². The molecule has 2 unspecified atom stereocenters. The zero-order valence-corrected chi connectivity index (χ0v) is 18.3. The molecule has 1 heterocycles. The molecular weight excluding hydrogens is 413 g/mol. The van der Waals surface area contributed by atoms with E-state index < -0.39 is 0 Å². The fourth-order valence-corrected chi connectivity index (χ4v) is 4.89. The first-order valence-electron chi connectivity index (χ1n) is 10.7. The van der Waals surface area contributed by atoms with E-state index in [2.05, 4.69) is 17.2 Å². The fourth-order valence-electron chi connectivity index (χ4n) is 4.08. The maximum absolute atomic E-state index is 13.3. The first-order chi connectivity index (χ1) is 15.0. The minimum absolute atomic E-state index is 0.0421. The quantitative estimate of drug-likeness (QED) is 0.458. The minimum atomic E-state index is -0.323. The van der Waals surface area contributed by atoms with Crippen molar-refractivity contribution in [3.05, 3.63) is 70.3 Å². The molecule has 2 atom stereocenters. The zero-order valence-electron chi connectivity index (χ0n) is 17.5. The van der Waals surface area contributed by atoms with Gasteiger partial charge in [0.15, 0.2) is 5.16 Å². The number of para-hydroxylation sites is 1. The van der Waals surface area contributed by atoms with Crippen LogP contribution in [0.15, 0.2) is 58.5 Å². The van der Waals surface area contributed by atoms with Gasteiger partial charge in [0.1, 0.15) is 5.82 Å². The summed E-state index contributed by atoms with van der Waals surface area (Å²) in [6.07, 6.45) is 4.52. The van der Waals surface area contributed by atoms with Crippen molar-refractivity contribution in [1.82, 2.24) is 14.9 Å². The molecule has 2 aromatic carbocycles. The Morgan fingerprint density at radius 2 is 1.90 bits per heavy atom. The molecule has 7 heteroatoms. The standard InChI is InChI=1S/C24H26FN3O2S/c1-16-6-2-4-8-20(16)26-22(29)15-31-24-27-21-9-5-3-7-19(21)23(30)28(24)14-17-10-12-18(25)13-11-17/h3,5,7,9-13,16,20H,2,4,6,8,14-15H2,1H3,(H,26,29). The third-order valence-electron chi connectivity index (χ3n) is 5.87. The molecule has 1 aromatic heterocycles. The second kappa shape index (κ2) is 9.64. The van der Waals surface area contributed by atoms with Crippen LogP contribution in [0.25, 0.3) is 10.9 Å². The molecule has 0 aliphatic heterocycles. The molecule has 0 bridgehead atoms. The van der Waals surface area contributed by atoms with Gasteiger partial charge in [-0.2, -0.15) is 0 Å². The Labute approximate surface area is 185 Å². The van der Waals surface area contributed by atoms with Crippen LogP contribution in [0.1, 0.15) is 38.2 Å². The highest BCUT2D eigenvalue weighted by atomic mass is 32.2. The summed E-state index contributed by atoms with van der Waals surface area (Å²) in [4.78, 5) is 30.4. The van der Waals surface area contributed by atoms with Gasteiger partial charge >= 0.3 is 0 Å². The number of hydrogen-bond acceptors (Lipinski definition) is 4. The zero-order chi connectivity index (χ0) is 21.8. The number of nitrogens with one attached hydrogen (secondary N) is 1. The minimum Gasteiger partial charge on any atom is -0.352 e. The first kappa shape index (κ1) is 21.6. The molecule has 0 spiro atoms. The second-order valence-electron chi connectivity index (χ2n) is 8.15. The van der Waals surface area contributed by atoms with E-state index in [0.717, 1.165) is 24.8 Å². The fraction of sp³-hybridized carbons (Fsp3) is 0.375. The smallest absolute Gasteiger partial charge is 0.262 e. The molecule has 5 nitrogen and oxygen atoms in total. The lowest BCUT2D eigenvalue weighted by Gasteiger charge is -2.29. The van der Waals surface area contributed by atoms with Gasteiger partial charge in [0, 0.05) is 6.04 Å². The molecule has 3 aromatic rings. The highest BCUT2D eigenvalue weighted by Gasteiger charge is 2.23. The molecule has 31 heavy (non-hydrogen) atoms. The van der Waals surface area contributed by atoms with Crippen LogP contribution < -0.4 is 10.9 Å². The average molecular weight is 440 g/mol. The third kappa shape index (κ3) is 5.15. The molecule has 1 N–H and O–H groups in total. The number of fused-ring (bicyclic) bond motifs is 1. The maximum Gasteiger partial charge on any atom is 0.262 e. The Balaban J connectivity index is 1.57. The van der Waals surface area contributed by atoms with E-state index in [1.54, 1.807) is 34.9 Å². The third-order valence-corrected chi connectivity index (χ3v) is 6.85. The van der Waals surface area contributed by atoms with E-state index in [4.69, 9.17) is 0 Å². The van der Waals surface area contributed by atoms with Gasteiger partial charge in [0.2, 0.25) is 5.91 Å². The van der Waals surface area contributed by atoms with Crippen LogP contribution in [-0.2, 0) is 11.3 Å². The van der Waals surface area contributed by atoms with Gasteiger partial charge in [0.05, 0.1) is 23.2 Å². The van der Waals surface area contributed by atoms with Crippen molar-refractivity contribution >= 4 is 28.6 Å². The van der Waals surface area contributed by atoms with Crippen LogP contribution >= 0.6 is 11.8 Å². The lowest BCUT2D eigenvalue weighted by Crippen LogP contribution is -2.42.